The Labute approximate surface area is 115 Å². The minimum atomic E-state index is -0.619. The summed E-state index contributed by atoms with van der Waals surface area (Å²) >= 11 is 3.33. The molecule has 0 radical (unpaired) electrons. The van der Waals surface area contributed by atoms with Gasteiger partial charge in [-0.3, -0.25) is 4.90 Å². The van der Waals surface area contributed by atoms with E-state index in [1.54, 1.807) is 27.0 Å². The Balaban J connectivity index is 2.89. The number of hydrogen-bond acceptors (Lipinski definition) is 4. The first-order valence-corrected chi connectivity index (χ1v) is 6.49. The molecule has 0 N–H and O–H groups in total. The van der Waals surface area contributed by atoms with E-state index >= 15 is 0 Å². The Kier molecular flexibility index (Phi) is 4.78. The van der Waals surface area contributed by atoms with Crippen molar-refractivity contribution in [2.75, 3.05) is 7.11 Å². The Morgan fingerprint density at radius 1 is 1.44 bits per heavy atom. The van der Waals surface area contributed by atoms with Crippen molar-refractivity contribution in [2.24, 2.45) is 0 Å². The van der Waals surface area contributed by atoms with E-state index in [9.17, 15) is 9.59 Å². The average Bonchev–Trinajstić information content (AvgIpc) is 2.25. The van der Waals surface area contributed by atoms with Crippen LogP contribution in [0.4, 0.5) is 4.79 Å². The lowest BCUT2D eigenvalue weighted by Gasteiger charge is -2.32. The molecule has 0 saturated heterocycles. The fourth-order valence-electron chi connectivity index (χ4n) is 1.58. The average molecular weight is 320 g/mol. The molecule has 1 amide bonds. The van der Waals surface area contributed by atoms with Crippen molar-refractivity contribution in [3.05, 3.63) is 10.7 Å². The number of amides is 1. The van der Waals surface area contributed by atoms with Crippen molar-refractivity contribution in [1.82, 2.24) is 4.90 Å². The van der Waals surface area contributed by atoms with E-state index in [2.05, 4.69) is 15.9 Å². The van der Waals surface area contributed by atoms with Gasteiger partial charge < -0.3 is 9.47 Å². The van der Waals surface area contributed by atoms with Crippen molar-refractivity contribution in [1.29, 1.82) is 0 Å². The third-order valence-corrected chi connectivity index (χ3v) is 2.95. The fraction of sp³-hybridized carbons (Fsp3) is 0.667. The Bertz CT molecular complexity index is 373. The second-order valence-corrected chi connectivity index (χ2v) is 6.06. The molecule has 0 aliphatic carbocycles. The minimum absolute atomic E-state index is 0.433. The van der Waals surface area contributed by atoms with Crippen LogP contribution in [-0.4, -0.2) is 35.7 Å². The number of halogens is 1. The predicted octanol–water partition coefficient (Wildman–Crippen LogP) is 2.80. The summed E-state index contributed by atoms with van der Waals surface area (Å²) in [6.45, 7) is 5.34. The number of carbonyl (C=O) groups excluding carboxylic acids is 2. The molecule has 1 aliphatic heterocycles. The van der Waals surface area contributed by atoms with Gasteiger partial charge in [0.05, 0.1) is 7.11 Å². The molecule has 0 aromatic carbocycles. The Hall–Kier alpha value is -1.04. The van der Waals surface area contributed by atoms with E-state index in [-0.39, 0.29) is 0 Å². The van der Waals surface area contributed by atoms with Gasteiger partial charge in [0.25, 0.3) is 0 Å². The second-order valence-electron chi connectivity index (χ2n) is 5.04. The first-order valence-electron chi connectivity index (χ1n) is 5.70. The van der Waals surface area contributed by atoms with Crippen LogP contribution in [0, 0.1) is 0 Å². The third kappa shape index (κ3) is 4.01. The topological polar surface area (TPSA) is 55.8 Å². The highest BCUT2D eigenvalue weighted by atomic mass is 79.9. The molecule has 0 aromatic heterocycles. The number of carbonyl (C=O) groups is 2. The molecule has 0 bridgehead atoms. The number of esters is 1. The molecule has 0 fully saturated rings. The van der Waals surface area contributed by atoms with Gasteiger partial charge in [0.1, 0.15) is 11.6 Å². The van der Waals surface area contributed by atoms with Gasteiger partial charge in [0.2, 0.25) is 0 Å². The molecule has 0 aromatic rings. The van der Waals surface area contributed by atoms with Gasteiger partial charge in [-0.05, 0) is 33.6 Å². The van der Waals surface area contributed by atoms with Gasteiger partial charge in [0, 0.05) is 10.7 Å². The molecule has 0 spiro atoms. The van der Waals surface area contributed by atoms with Gasteiger partial charge >= 0.3 is 12.1 Å². The zero-order valence-electron chi connectivity index (χ0n) is 11.0. The lowest BCUT2D eigenvalue weighted by molar-refractivity contribution is -0.146. The van der Waals surface area contributed by atoms with Crippen LogP contribution in [0.2, 0.25) is 0 Å². The standard InChI is InChI=1S/C12H18BrNO4/c1-12(2,3)18-11(16)14-7-8(13)5-6-9(14)10(15)17-4/h7,9H,5-6H2,1-4H3/t9-/m1/s1. The Morgan fingerprint density at radius 2 is 2.06 bits per heavy atom. The van der Waals surface area contributed by atoms with Crippen LogP contribution in [0.3, 0.4) is 0 Å². The monoisotopic (exact) mass is 319 g/mol. The summed E-state index contributed by atoms with van der Waals surface area (Å²) in [7, 11) is 1.31. The maximum absolute atomic E-state index is 12.0. The summed E-state index contributed by atoms with van der Waals surface area (Å²) in [5.74, 6) is -0.433. The molecule has 0 unspecified atom stereocenters. The van der Waals surface area contributed by atoms with Gasteiger partial charge in [-0.25, -0.2) is 9.59 Å². The van der Waals surface area contributed by atoms with E-state index in [0.717, 1.165) is 4.48 Å². The molecule has 0 saturated carbocycles. The highest BCUT2D eigenvalue weighted by molar-refractivity contribution is 9.11. The summed E-state index contributed by atoms with van der Waals surface area (Å²) in [5, 5.41) is 0. The summed E-state index contributed by atoms with van der Waals surface area (Å²) in [6, 6.07) is -0.619. The highest BCUT2D eigenvalue weighted by Gasteiger charge is 2.34. The molecule has 1 heterocycles. The third-order valence-electron chi connectivity index (χ3n) is 2.35. The van der Waals surface area contributed by atoms with Crippen LogP contribution in [0.25, 0.3) is 0 Å². The quantitative estimate of drug-likeness (QED) is 0.697. The van der Waals surface area contributed by atoms with Crippen LogP contribution in [0.15, 0.2) is 10.7 Å². The fourth-order valence-corrected chi connectivity index (χ4v) is 2.03. The number of allylic oxidation sites excluding steroid dienone is 1. The normalized spacial score (nSPS) is 20.2. The van der Waals surface area contributed by atoms with E-state index < -0.39 is 23.7 Å². The predicted molar refractivity (Wildman–Crippen MR) is 70.1 cm³/mol. The number of methoxy groups -OCH3 is 1. The summed E-state index contributed by atoms with van der Waals surface area (Å²) in [4.78, 5) is 24.9. The summed E-state index contributed by atoms with van der Waals surface area (Å²) < 4.78 is 10.8. The van der Waals surface area contributed by atoms with E-state index in [1.165, 1.54) is 12.0 Å². The maximum atomic E-state index is 12.0. The first-order chi connectivity index (χ1) is 8.24. The van der Waals surface area contributed by atoms with Crippen molar-refractivity contribution in [2.45, 2.75) is 45.3 Å². The second kappa shape index (κ2) is 5.73. The molecule has 18 heavy (non-hydrogen) atoms. The number of rotatable bonds is 1. The molecule has 102 valence electrons. The van der Waals surface area contributed by atoms with Gasteiger partial charge in [-0.2, -0.15) is 0 Å². The maximum Gasteiger partial charge on any atom is 0.415 e. The van der Waals surface area contributed by atoms with Crippen molar-refractivity contribution >= 4 is 28.0 Å². The highest BCUT2D eigenvalue weighted by Crippen LogP contribution is 2.26. The molecular weight excluding hydrogens is 302 g/mol. The molecule has 5 nitrogen and oxygen atoms in total. The largest absolute Gasteiger partial charge is 0.467 e. The summed E-state index contributed by atoms with van der Waals surface area (Å²) in [5.41, 5.74) is -0.602. The van der Waals surface area contributed by atoms with Crippen molar-refractivity contribution < 1.29 is 19.1 Å². The van der Waals surface area contributed by atoms with Crippen molar-refractivity contribution in [3.8, 4) is 0 Å². The lowest BCUT2D eigenvalue weighted by atomic mass is 10.1. The van der Waals surface area contributed by atoms with Gasteiger partial charge in [0.15, 0.2) is 0 Å². The molecule has 1 rings (SSSR count). The molecular formula is C12H18BrNO4. The van der Waals surface area contributed by atoms with Crippen LogP contribution in [-0.2, 0) is 14.3 Å². The van der Waals surface area contributed by atoms with E-state index in [4.69, 9.17) is 9.47 Å². The van der Waals surface area contributed by atoms with Crippen LogP contribution >= 0.6 is 15.9 Å². The van der Waals surface area contributed by atoms with Gasteiger partial charge in [-0.15, -0.1) is 0 Å². The lowest BCUT2D eigenvalue weighted by Crippen LogP contribution is -2.46. The molecule has 6 heteroatoms. The number of hydrogen-bond donors (Lipinski definition) is 0. The molecule has 1 aliphatic rings. The Morgan fingerprint density at radius 3 is 2.56 bits per heavy atom. The molecule has 1 atom stereocenters. The zero-order valence-corrected chi connectivity index (χ0v) is 12.6. The van der Waals surface area contributed by atoms with Crippen LogP contribution in [0.1, 0.15) is 33.6 Å². The SMILES string of the molecule is COC(=O)[C@H]1CCC(Br)=CN1C(=O)OC(C)(C)C. The smallest absolute Gasteiger partial charge is 0.415 e. The van der Waals surface area contributed by atoms with E-state index in [0.29, 0.717) is 12.8 Å². The minimum Gasteiger partial charge on any atom is -0.467 e. The van der Waals surface area contributed by atoms with Crippen LogP contribution < -0.4 is 0 Å². The summed E-state index contributed by atoms with van der Waals surface area (Å²) in [6.07, 6.45) is 2.25. The van der Waals surface area contributed by atoms with E-state index in [1.807, 2.05) is 0 Å². The van der Waals surface area contributed by atoms with Crippen LogP contribution in [0.5, 0.6) is 0 Å². The number of ether oxygens (including phenoxy) is 2. The number of nitrogens with zero attached hydrogens (tertiary/aromatic N) is 1. The first kappa shape index (κ1) is 15.0. The van der Waals surface area contributed by atoms with Gasteiger partial charge in [-0.1, -0.05) is 15.9 Å². The zero-order chi connectivity index (χ0) is 13.9. The van der Waals surface area contributed by atoms with Crippen molar-refractivity contribution in [3.63, 3.8) is 0 Å².